The SMILES string of the molecule is O=C(CN1CC=C(c2ccc(O)cc2)CC1)Nc1ccc2c(c1)OCCCO2. The molecule has 0 atom stereocenters. The molecule has 2 aliphatic rings. The van der Waals surface area contributed by atoms with Gasteiger partial charge in [0.25, 0.3) is 0 Å². The Balaban J connectivity index is 1.32. The van der Waals surface area contributed by atoms with Gasteiger partial charge in [-0.3, -0.25) is 9.69 Å². The highest BCUT2D eigenvalue weighted by atomic mass is 16.5. The predicted octanol–water partition coefficient (Wildman–Crippen LogP) is 3.28. The lowest BCUT2D eigenvalue weighted by Gasteiger charge is -2.26. The summed E-state index contributed by atoms with van der Waals surface area (Å²) in [5.41, 5.74) is 3.08. The molecule has 6 nitrogen and oxygen atoms in total. The summed E-state index contributed by atoms with van der Waals surface area (Å²) >= 11 is 0. The van der Waals surface area contributed by atoms with Gasteiger partial charge < -0.3 is 19.9 Å². The molecule has 0 bridgehead atoms. The van der Waals surface area contributed by atoms with Gasteiger partial charge in [0.15, 0.2) is 11.5 Å². The molecule has 2 heterocycles. The minimum absolute atomic E-state index is 0.0454. The Bertz CT molecular complexity index is 877. The van der Waals surface area contributed by atoms with Crippen LogP contribution in [0.1, 0.15) is 18.4 Å². The summed E-state index contributed by atoms with van der Waals surface area (Å²) in [6.07, 6.45) is 3.88. The first-order valence-corrected chi connectivity index (χ1v) is 9.58. The van der Waals surface area contributed by atoms with Gasteiger partial charge in [0.05, 0.1) is 19.8 Å². The molecule has 28 heavy (non-hydrogen) atoms. The summed E-state index contributed by atoms with van der Waals surface area (Å²) in [6.45, 7) is 3.15. The number of ether oxygens (including phenoxy) is 2. The fourth-order valence-corrected chi connectivity index (χ4v) is 3.44. The first kappa shape index (κ1) is 18.4. The summed E-state index contributed by atoms with van der Waals surface area (Å²) in [4.78, 5) is 14.5. The quantitative estimate of drug-likeness (QED) is 0.852. The van der Waals surface area contributed by atoms with Crippen LogP contribution in [0.25, 0.3) is 5.57 Å². The number of nitrogens with zero attached hydrogens (tertiary/aromatic N) is 1. The fourth-order valence-electron chi connectivity index (χ4n) is 3.44. The molecule has 0 saturated carbocycles. The first-order valence-electron chi connectivity index (χ1n) is 9.58. The Labute approximate surface area is 164 Å². The van der Waals surface area contributed by atoms with E-state index < -0.39 is 0 Å². The van der Waals surface area contributed by atoms with Crippen LogP contribution < -0.4 is 14.8 Å². The molecule has 2 N–H and O–H groups in total. The average Bonchev–Trinajstić information content (AvgIpc) is 2.94. The van der Waals surface area contributed by atoms with E-state index >= 15 is 0 Å². The number of amides is 1. The number of carbonyl (C=O) groups is 1. The molecule has 2 aliphatic heterocycles. The molecule has 0 aliphatic carbocycles. The van der Waals surface area contributed by atoms with Gasteiger partial charge in [-0.05, 0) is 41.8 Å². The second-order valence-electron chi connectivity index (χ2n) is 7.02. The highest BCUT2D eigenvalue weighted by Crippen LogP contribution is 2.32. The summed E-state index contributed by atoms with van der Waals surface area (Å²) < 4.78 is 11.3. The lowest BCUT2D eigenvalue weighted by molar-refractivity contribution is -0.117. The molecule has 1 amide bonds. The first-order chi connectivity index (χ1) is 13.7. The van der Waals surface area contributed by atoms with E-state index in [2.05, 4.69) is 16.3 Å². The van der Waals surface area contributed by atoms with Gasteiger partial charge in [-0.15, -0.1) is 0 Å². The van der Waals surface area contributed by atoms with Crippen molar-refractivity contribution in [2.24, 2.45) is 0 Å². The van der Waals surface area contributed by atoms with Crippen LogP contribution in [0.3, 0.4) is 0 Å². The summed E-state index contributed by atoms with van der Waals surface area (Å²) in [7, 11) is 0. The van der Waals surface area contributed by atoms with Crippen molar-refractivity contribution in [3.8, 4) is 17.2 Å². The standard InChI is InChI=1S/C22H24N2O4/c25-19-5-2-16(3-6-19)17-8-10-24(11-9-17)15-22(26)23-18-4-7-20-21(14-18)28-13-1-12-27-20/h2-8,14,25H,1,9-13,15H2,(H,23,26). The Hall–Kier alpha value is -2.99. The molecule has 0 saturated heterocycles. The Morgan fingerprint density at radius 1 is 1.07 bits per heavy atom. The van der Waals surface area contributed by atoms with Gasteiger partial charge in [-0.2, -0.15) is 0 Å². The third-order valence-corrected chi connectivity index (χ3v) is 4.93. The number of benzene rings is 2. The third-order valence-electron chi connectivity index (χ3n) is 4.93. The Kier molecular flexibility index (Phi) is 5.48. The zero-order valence-corrected chi connectivity index (χ0v) is 15.7. The Morgan fingerprint density at radius 2 is 1.86 bits per heavy atom. The average molecular weight is 380 g/mol. The second-order valence-corrected chi connectivity index (χ2v) is 7.02. The van der Waals surface area contributed by atoms with Gasteiger partial charge in [-0.1, -0.05) is 18.2 Å². The number of anilines is 1. The van der Waals surface area contributed by atoms with Crippen molar-refractivity contribution in [2.75, 3.05) is 38.2 Å². The molecule has 0 fully saturated rings. The molecular formula is C22H24N2O4. The number of hydrogen-bond donors (Lipinski definition) is 2. The molecule has 0 radical (unpaired) electrons. The molecule has 0 aromatic heterocycles. The lowest BCUT2D eigenvalue weighted by Crippen LogP contribution is -2.36. The van der Waals surface area contributed by atoms with Crippen molar-refractivity contribution in [3.05, 3.63) is 54.1 Å². The molecule has 0 spiro atoms. The zero-order valence-electron chi connectivity index (χ0n) is 15.7. The van der Waals surface area contributed by atoms with E-state index in [0.29, 0.717) is 31.2 Å². The maximum Gasteiger partial charge on any atom is 0.238 e. The highest BCUT2D eigenvalue weighted by molar-refractivity contribution is 5.92. The molecule has 6 heteroatoms. The van der Waals surface area contributed by atoms with Crippen molar-refractivity contribution in [2.45, 2.75) is 12.8 Å². The van der Waals surface area contributed by atoms with Gasteiger partial charge in [-0.25, -0.2) is 0 Å². The van der Waals surface area contributed by atoms with E-state index in [4.69, 9.17) is 9.47 Å². The monoisotopic (exact) mass is 380 g/mol. The third kappa shape index (κ3) is 4.46. The summed E-state index contributed by atoms with van der Waals surface area (Å²) in [6, 6.07) is 12.7. The van der Waals surface area contributed by atoms with E-state index in [1.807, 2.05) is 30.3 Å². The van der Waals surface area contributed by atoms with E-state index in [1.165, 1.54) is 5.57 Å². The number of aromatic hydroxyl groups is 1. The molecule has 146 valence electrons. The van der Waals surface area contributed by atoms with Gasteiger partial charge >= 0.3 is 0 Å². The van der Waals surface area contributed by atoms with Gasteiger partial charge in [0.2, 0.25) is 5.91 Å². The van der Waals surface area contributed by atoms with Crippen LogP contribution in [0.2, 0.25) is 0 Å². The Morgan fingerprint density at radius 3 is 2.61 bits per heavy atom. The number of carbonyl (C=O) groups excluding carboxylic acids is 1. The van der Waals surface area contributed by atoms with Crippen LogP contribution in [0.4, 0.5) is 5.69 Å². The number of hydrogen-bond acceptors (Lipinski definition) is 5. The number of fused-ring (bicyclic) bond motifs is 1. The van der Waals surface area contributed by atoms with Crippen LogP contribution >= 0.6 is 0 Å². The van der Waals surface area contributed by atoms with Crippen LogP contribution in [-0.4, -0.2) is 48.8 Å². The number of rotatable bonds is 4. The van der Waals surface area contributed by atoms with Gasteiger partial charge in [0.1, 0.15) is 5.75 Å². The molecule has 0 unspecified atom stereocenters. The zero-order chi connectivity index (χ0) is 19.3. The largest absolute Gasteiger partial charge is 0.508 e. The van der Waals surface area contributed by atoms with Crippen molar-refractivity contribution in [3.63, 3.8) is 0 Å². The minimum atomic E-state index is -0.0454. The smallest absolute Gasteiger partial charge is 0.238 e. The lowest BCUT2D eigenvalue weighted by atomic mass is 9.99. The number of phenolic OH excluding ortho intramolecular Hbond substituents is 1. The normalized spacial score (nSPS) is 16.8. The summed E-state index contributed by atoms with van der Waals surface area (Å²) in [5.74, 6) is 1.62. The number of phenols is 1. The van der Waals surface area contributed by atoms with Gasteiger partial charge in [0, 0.05) is 31.3 Å². The fraction of sp³-hybridized carbons (Fsp3) is 0.318. The van der Waals surface area contributed by atoms with E-state index in [1.54, 1.807) is 12.1 Å². The van der Waals surface area contributed by atoms with Crippen molar-refractivity contribution < 1.29 is 19.4 Å². The van der Waals surface area contributed by atoms with Crippen LogP contribution in [0, 0.1) is 0 Å². The second kappa shape index (κ2) is 8.35. The summed E-state index contributed by atoms with van der Waals surface area (Å²) in [5, 5.41) is 12.4. The predicted molar refractivity (Wildman–Crippen MR) is 108 cm³/mol. The molecular weight excluding hydrogens is 356 g/mol. The molecule has 2 aromatic rings. The van der Waals surface area contributed by atoms with Crippen molar-refractivity contribution >= 4 is 17.2 Å². The molecule has 4 rings (SSSR count). The van der Waals surface area contributed by atoms with E-state index in [0.717, 1.165) is 37.2 Å². The maximum atomic E-state index is 12.4. The topological polar surface area (TPSA) is 71.0 Å². The van der Waals surface area contributed by atoms with E-state index in [-0.39, 0.29) is 11.7 Å². The van der Waals surface area contributed by atoms with Crippen LogP contribution in [0.15, 0.2) is 48.5 Å². The van der Waals surface area contributed by atoms with Crippen LogP contribution in [0.5, 0.6) is 17.2 Å². The molecule has 2 aromatic carbocycles. The van der Waals surface area contributed by atoms with Crippen molar-refractivity contribution in [1.82, 2.24) is 4.90 Å². The highest BCUT2D eigenvalue weighted by Gasteiger charge is 2.17. The van der Waals surface area contributed by atoms with Crippen LogP contribution in [-0.2, 0) is 4.79 Å². The maximum absolute atomic E-state index is 12.4. The van der Waals surface area contributed by atoms with E-state index in [9.17, 15) is 9.90 Å². The minimum Gasteiger partial charge on any atom is -0.508 e. The van der Waals surface area contributed by atoms with Crippen molar-refractivity contribution in [1.29, 1.82) is 0 Å². The number of nitrogens with one attached hydrogen (secondary N) is 1.